The molecule has 27 heavy (non-hydrogen) atoms. The lowest BCUT2D eigenvalue weighted by Gasteiger charge is -2.12. The number of amides is 1. The number of nitrogens with one attached hydrogen (secondary N) is 1. The summed E-state index contributed by atoms with van der Waals surface area (Å²) in [5.74, 6) is 1.68. The molecule has 0 aromatic carbocycles. The zero-order valence-corrected chi connectivity index (χ0v) is 16.6. The van der Waals surface area contributed by atoms with Gasteiger partial charge in [0.05, 0.1) is 5.52 Å². The van der Waals surface area contributed by atoms with E-state index < -0.39 is 0 Å². The molecule has 3 aromatic heterocycles. The fourth-order valence-corrected chi connectivity index (χ4v) is 4.69. The van der Waals surface area contributed by atoms with E-state index in [0.717, 1.165) is 24.2 Å². The smallest absolute Gasteiger partial charge is 0.272 e. The van der Waals surface area contributed by atoms with Crippen LogP contribution in [-0.2, 0) is 17.8 Å². The third kappa shape index (κ3) is 3.50. The third-order valence-corrected chi connectivity index (χ3v) is 6.01. The highest BCUT2D eigenvalue weighted by Crippen LogP contribution is 2.21. The number of hydrogen-bond donors (Lipinski definition) is 1. The van der Waals surface area contributed by atoms with E-state index in [1.54, 1.807) is 4.57 Å². The van der Waals surface area contributed by atoms with Crippen molar-refractivity contribution in [3.63, 3.8) is 0 Å². The molecule has 0 unspecified atom stereocenters. The SMILES string of the molecule is CC(C)Cn1c(=O)c2sccc2n2c(CCC(=O)NC3CCCC3)nnc12. The average Bonchev–Trinajstić information content (AvgIpc) is 3.35. The maximum Gasteiger partial charge on any atom is 0.272 e. The summed E-state index contributed by atoms with van der Waals surface area (Å²) in [6, 6.07) is 2.26. The van der Waals surface area contributed by atoms with Crippen LogP contribution >= 0.6 is 11.3 Å². The molecule has 1 saturated carbocycles. The summed E-state index contributed by atoms with van der Waals surface area (Å²) in [5, 5.41) is 13.6. The lowest BCUT2D eigenvalue weighted by atomic mass is 10.2. The molecule has 1 aliphatic rings. The Morgan fingerprint density at radius 2 is 2.11 bits per heavy atom. The first-order chi connectivity index (χ1) is 13.0. The van der Waals surface area contributed by atoms with Gasteiger partial charge < -0.3 is 5.32 Å². The number of rotatable bonds is 6. The van der Waals surface area contributed by atoms with Gasteiger partial charge in [-0.2, -0.15) is 0 Å². The average molecular weight is 388 g/mol. The second kappa shape index (κ2) is 7.42. The minimum absolute atomic E-state index is 0.0147. The van der Waals surface area contributed by atoms with E-state index in [4.69, 9.17) is 0 Å². The number of thiophene rings is 1. The predicted octanol–water partition coefficient (Wildman–Crippen LogP) is 2.75. The third-order valence-electron chi connectivity index (χ3n) is 5.12. The van der Waals surface area contributed by atoms with Crippen LogP contribution in [0.1, 0.15) is 51.8 Å². The topological polar surface area (TPSA) is 81.3 Å². The second-order valence-corrected chi connectivity index (χ2v) is 8.66. The van der Waals surface area contributed by atoms with Gasteiger partial charge in [-0.3, -0.25) is 18.6 Å². The van der Waals surface area contributed by atoms with Gasteiger partial charge in [0.2, 0.25) is 11.7 Å². The van der Waals surface area contributed by atoms with Crippen molar-refractivity contribution in [1.82, 2.24) is 24.5 Å². The Morgan fingerprint density at radius 3 is 2.85 bits per heavy atom. The van der Waals surface area contributed by atoms with E-state index >= 15 is 0 Å². The Bertz CT molecular complexity index is 1030. The van der Waals surface area contributed by atoms with Gasteiger partial charge in [0.25, 0.3) is 5.56 Å². The molecular weight excluding hydrogens is 362 g/mol. The molecule has 4 rings (SSSR count). The molecule has 1 fully saturated rings. The zero-order valence-electron chi connectivity index (χ0n) is 15.8. The molecule has 0 spiro atoms. The van der Waals surface area contributed by atoms with Gasteiger partial charge in [0.15, 0.2) is 0 Å². The lowest BCUT2D eigenvalue weighted by molar-refractivity contribution is -0.121. The molecule has 7 nitrogen and oxygen atoms in total. The monoisotopic (exact) mass is 387 g/mol. The van der Waals surface area contributed by atoms with Gasteiger partial charge in [-0.15, -0.1) is 21.5 Å². The second-order valence-electron chi connectivity index (χ2n) is 7.75. The molecule has 1 amide bonds. The molecule has 3 heterocycles. The first kappa shape index (κ1) is 18.2. The van der Waals surface area contributed by atoms with Crippen molar-refractivity contribution in [3.8, 4) is 0 Å². The highest BCUT2D eigenvalue weighted by Gasteiger charge is 2.20. The van der Waals surface area contributed by atoms with Crippen molar-refractivity contribution in [2.45, 2.75) is 65.0 Å². The number of aryl methyl sites for hydroxylation is 1. The number of hydrogen-bond acceptors (Lipinski definition) is 5. The van der Waals surface area contributed by atoms with Crippen molar-refractivity contribution >= 4 is 33.2 Å². The highest BCUT2D eigenvalue weighted by atomic mass is 32.1. The van der Waals surface area contributed by atoms with Crippen LogP contribution in [0.3, 0.4) is 0 Å². The summed E-state index contributed by atoms with van der Waals surface area (Å²) in [4.78, 5) is 25.1. The van der Waals surface area contributed by atoms with Gasteiger partial charge in [-0.1, -0.05) is 26.7 Å². The van der Waals surface area contributed by atoms with Crippen LogP contribution in [0.25, 0.3) is 16.0 Å². The van der Waals surface area contributed by atoms with Crippen LogP contribution in [0.15, 0.2) is 16.2 Å². The van der Waals surface area contributed by atoms with Crippen LogP contribution in [-0.4, -0.2) is 31.1 Å². The maximum absolute atomic E-state index is 12.8. The summed E-state index contributed by atoms with van der Waals surface area (Å²) in [6.07, 6.45) is 5.44. The molecule has 0 aliphatic heterocycles. The normalized spacial score (nSPS) is 15.4. The summed E-state index contributed by atoms with van der Waals surface area (Å²) in [6.45, 7) is 4.74. The molecule has 8 heteroatoms. The van der Waals surface area contributed by atoms with Gasteiger partial charge >= 0.3 is 0 Å². The number of nitrogens with zero attached hydrogens (tertiary/aromatic N) is 4. The highest BCUT2D eigenvalue weighted by molar-refractivity contribution is 7.17. The Morgan fingerprint density at radius 1 is 1.33 bits per heavy atom. The van der Waals surface area contributed by atoms with Crippen molar-refractivity contribution in [2.24, 2.45) is 5.92 Å². The summed E-state index contributed by atoms with van der Waals surface area (Å²) in [7, 11) is 0. The Hall–Kier alpha value is -2.22. The van der Waals surface area contributed by atoms with Gasteiger partial charge in [0, 0.05) is 25.4 Å². The fourth-order valence-electron chi connectivity index (χ4n) is 3.87. The van der Waals surface area contributed by atoms with Crippen molar-refractivity contribution in [3.05, 3.63) is 27.6 Å². The van der Waals surface area contributed by atoms with E-state index in [2.05, 4.69) is 29.4 Å². The molecule has 0 radical (unpaired) electrons. The molecule has 1 N–H and O–H groups in total. The fraction of sp³-hybridized carbons (Fsp3) is 0.579. The van der Waals surface area contributed by atoms with E-state index in [1.165, 1.54) is 24.2 Å². The van der Waals surface area contributed by atoms with Gasteiger partial charge in [-0.05, 0) is 30.2 Å². The Labute approximate surface area is 161 Å². The number of fused-ring (bicyclic) bond motifs is 3. The lowest BCUT2D eigenvalue weighted by Crippen LogP contribution is -2.32. The number of aromatic nitrogens is 4. The summed E-state index contributed by atoms with van der Waals surface area (Å²) >= 11 is 1.44. The molecule has 0 atom stereocenters. The summed E-state index contributed by atoms with van der Waals surface area (Å²) < 4.78 is 4.36. The van der Waals surface area contributed by atoms with Crippen LogP contribution in [0.5, 0.6) is 0 Å². The maximum atomic E-state index is 12.8. The standard InChI is InChI=1S/C19H25N5O2S/c1-12(2)11-23-18(26)17-14(9-10-27-17)24-15(21-22-19(23)24)7-8-16(25)20-13-5-3-4-6-13/h9-10,12-13H,3-8,11H2,1-2H3,(H,20,25). The van der Waals surface area contributed by atoms with Crippen molar-refractivity contribution in [2.75, 3.05) is 0 Å². The van der Waals surface area contributed by atoms with Crippen LogP contribution < -0.4 is 10.9 Å². The predicted molar refractivity (Wildman–Crippen MR) is 106 cm³/mol. The largest absolute Gasteiger partial charge is 0.353 e. The van der Waals surface area contributed by atoms with Crippen LogP contribution in [0, 0.1) is 5.92 Å². The number of carbonyl (C=O) groups is 1. The van der Waals surface area contributed by atoms with Gasteiger partial charge in [-0.25, -0.2) is 0 Å². The van der Waals surface area contributed by atoms with Crippen LogP contribution in [0.4, 0.5) is 0 Å². The van der Waals surface area contributed by atoms with E-state index in [-0.39, 0.29) is 11.5 Å². The first-order valence-corrected chi connectivity index (χ1v) is 10.6. The molecule has 0 bridgehead atoms. The minimum atomic E-state index is -0.0147. The molecule has 0 saturated heterocycles. The quantitative estimate of drug-likeness (QED) is 0.705. The van der Waals surface area contributed by atoms with E-state index in [0.29, 0.717) is 41.8 Å². The minimum Gasteiger partial charge on any atom is -0.353 e. The molecule has 3 aromatic rings. The van der Waals surface area contributed by atoms with Crippen LogP contribution in [0.2, 0.25) is 0 Å². The molecular formula is C19H25N5O2S. The summed E-state index contributed by atoms with van der Waals surface area (Å²) in [5.41, 5.74) is 0.815. The Balaban J connectivity index is 1.64. The zero-order chi connectivity index (χ0) is 19.0. The van der Waals surface area contributed by atoms with Crippen molar-refractivity contribution < 1.29 is 4.79 Å². The number of carbonyl (C=O) groups excluding carboxylic acids is 1. The van der Waals surface area contributed by atoms with Crippen molar-refractivity contribution in [1.29, 1.82) is 0 Å². The Kier molecular flexibility index (Phi) is 4.99. The molecule has 144 valence electrons. The van der Waals surface area contributed by atoms with Gasteiger partial charge in [0.1, 0.15) is 10.5 Å². The molecule has 1 aliphatic carbocycles. The van der Waals surface area contributed by atoms with E-state index in [9.17, 15) is 9.59 Å². The van der Waals surface area contributed by atoms with E-state index in [1.807, 2.05) is 15.8 Å². The first-order valence-electron chi connectivity index (χ1n) is 9.68.